The highest BCUT2D eigenvalue weighted by molar-refractivity contribution is 6.78. The Morgan fingerprint density at radius 1 is 1.13 bits per heavy atom. The first-order valence-electron chi connectivity index (χ1n) is 11.4. The van der Waals surface area contributed by atoms with E-state index < -0.39 is 8.32 Å². The van der Waals surface area contributed by atoms with Crippen molar-refractivity contribution in [1.29, 1.82) is 0 Å². The molecule has 3 rings (SSSR count). The van der Waals surface area contributed by atoms with Gasteiger partial charge in [0, 0.05) is 26.1 Å². The monoisotopic (exact) mass is 431 g/mol. The molecule has 168 valence electrons. The average molecular weight is 432 g/mol. The summed E-state index contributed by atoms with van der Waals surface area (Å²) in [7, 11) is 3.90. The number of nitrogens with zero attached hydrogens (tertiary/aromatic N) is 2. The number of hydrogen-bond donors (Lipinski definition) is 1. The lowest BCUT2D eigenvalue weighted by Crippen LogP contribution is -2.50. The topological polar surface area (TPSA) is 44.8 Å². The van der Waals surface area contributed by atoms with E-state index in [9.17, 15) is 4.79 Å². The van der Waals surface area contributed by atoms with Gasteiger partial charge in [0.1, 0.15) is 5.75 Å². The van der Waals surface area contributed by atoms with Gasteiger partial charge >= 0.3 is 0 Å². The number of likely N-dealkylation sites (tertiary alicyclic amines) is 1. The SMILES string of the molecule is CNC(=O)c1cc(O[Si](C(C)C)(C(C)C)C(C)C)cc2c1N(C)[C@H]1N(C)CC[C@@]21C. The molecule has 0 aromatic heterocycles. The van der Waals surface area contributed by atoms with E-state index in [-0.39, 0.29) is 17.5 Å². The third-order valence-corrected chi connectivity index (χ3v) is 13.9. The molecular weight excluding hydrogens is 390 g/mol. The normalized spacial score (nSPS) is 24.0. The fraction of sp³-hybridized carbons (Fsp3) is 0.708. The van der Waals surface area contributed by atoms with Crippen molar-refractivity contribution in [2.45, 2.75) is 83.1 Å². The summed E-state index contributed by atoms with van der Waals surface area (Å²) in [4.78, 5) is 17.7. The van der Waals surface area contributed by atoms with E-state index in [2.05, 4.69) is 83.7 Å². The Morgan fingerprint density at radius 2 is 1.70 bits per heavy atom. The van der Waals surface area contributed by atoms with Crippen molar-refractivity contribution in [3.63, 3.8) is 0 Å². The molecule has 1 aromatic carbocycles. The van der Waals surface area contributed by atoms with Gasteiger partial charge in [-0.05, 0) is 47.8 Å². The van der Waals surface area contributed by atoms with Gasteiger partial charge in [0.2, 0.25) is 0 Å². The van der Waals surface area contributed by atoms with Crippen LogP contribution in [0, 0.1) is 0 Å². The molecule has 0 unspecified atom stereocenters. The molecule has 0 bridgehead atoms. The maximum Gasteiger partial charge on any atom is 0.258 e. The molecule has 30 heavy (non-hydrogen) atoms. The predicted molar refractivity (Wildman–Crippen MR) is 128 cm³/mol. The van der Waals surface area contributed by atoms with Crippen molar-refractivity contribution in [3.05, 3.63) is 23.3 Å². The lowest BCUT2D eigenvalue weighted by Gasteiger charge is -2.42. The third-order valence-electron chi connectivity index (χ3n) is 7.86. The smallest absolute Gasteiger partial charge is 0.258 e. The van der Waals surface area contributed by atoms with Gasteiger partial charge in [-0.25, -0.2) is 0 Å². The van der Waals surface area contributed by atoms with Crippen molar-refractivity contribution >= 4 is 19.9 Å². The van der Waals surface area contributed by atoms with E-state index in [1.165, 1.54) is 5.56 Å². The van der Waals surface area contributed by atoms with Gasteiger partial charge in [-0.2, -0.15) is 0 Å². The molecule has 6 heteroatoms. The highest BCUT2D eigenvalue weighted by atomic mass is 28.4. The van der Waals surface area contributed by atoms with Crippen LogP contribution in [0.15, 0.2) is 12.1 Å². The summed E-state index contributed by atoms with van der Waals surface area (Å²) in [5.74, 6) is 0.834. The number of likely N-dealkylation sites (N-methyl/N-ethyl adjacent to an activating group) is 2. The van der Waals surface area contributed by atoms with Gasteiger partial charge in [0.05, 0.1) is 17.4 Å². The summed E-state index contributed by atoms with van der Waals surface area (Å²) in [6, 6.07) is 4.25. The van der Waals surface area contributed by atoms with Crippen LogP contribution in [0.2, 0.25) is 16.6 Å². The van der Waals surface area contributed by atoms with Crippen LogP contribution in [-0.4, -0.2) is 53.0 Å². The Hall–Kier alpha value is -1.53. The highest BCUT2D eigenvalue weighted by Crippen LogP contribution is 2.54. The standard InChI is InChI=1S/C24H41N3O2Si/c1-15(2)30(16(3)4,17(5)6)29-18-13-19(22(28)25-8)21-20(14-18)24(7)11-12-26(9)23(24)27(21)10/h13-17,23H,11-12H2,1-10H3,(H,25,28)/t23-,24+/m1/s1. The molecule has 2 heterocycles. The first-order valence-corrected chi connectivity index (χ1v) is 13.6. The van der Waals surface area contributed by atoms with Crippen LogP contribution in [-0.2, 0) is 5.41 Å². The number of nitrogens with one attached hydrogen (secondary N) is 1. The molecule has 5 nitrogen and oxygen atoms in total. The summed E-state index contributed by atoms with van der Waals surface area (Å²) < 4.78 is 7.03. The average Bonchev–Trinajstić information content (AvgIpc) is 3.09. The molecule has 2 atom stereocenters. The number of anilines is 1. The van der Waals surface area contributed by atoms with Gasteiger partial charge in [-0.1, -0.05) is 48.5 Å². The number of carbonyl (C=O) groups is 1. The van der Waals surface area contributed by atoms with Gasteiger partial charge < -0.3 is 14.6 Å². The molecule has 0 aliphatic carbocycles. The van der Waals surface area contributed by atoms with E-state index in [1.807, 2.05) is 6.07 Å². The number of rotatable bonds is 6. The molecule has 2 aliphatic rings. The van der Waals surface area contributed by atoms with Crippen molar-refractivity contribution in [2.75, 3.05) is 32.6 Å². The van der Waals surface area contributed by atoms with E-state index >= 15 is 0 Å². The number of fused-ring (bicyclic) bond motifs is 3. The molecule has 1 N–H and O–H groups in total. The minimum absolute atomic E-state index is 0.00131. The molecule has 1 aromatic rings. The largest absolute Gasteiger partial charge is 0.543 e. The second-order valence-corrected chi connectivity index (χ2v) is 15.9. The molecule has 0 radical (unpaired) electrons. The Balaban J connectivity index is 2.20. The zero-order valence-electron chi connectivity index (χ0n) is 20.6. The Morgan fingerprint density at radius 3 is 2.20 bits per heavy atom. The van der Waals surface area contributed by atoms with Crippen LogP contribution in [0.5, 0.6) is 5.75 Å². The summed E-state index contributed by atoms with van der Waals surface area (Å²) in [6.45, 7) is 17.2. The summed E-state index contributed by atoms with van der Waals surface area (Å²) in [5.41, 5.74) is 4.50. The van der Waals surface area contributed by atoms with E-state index in [0.717, 1.165) is 30.0 Å². The Bertz CT molecular complexity index is 801. The van der Waals surface area contributed by atoms with E-state index in [1.54, 1.807) is 7.05 Å². The molecule has 1 amide bonds. The van der Waals surface area contributed by atoms with Gasteiger partial charge in [-0.15, -0.1) is 0 Å². The maximum atomic E-state index is 12.9. The van der Waals surface area contributed by atoms with Crippen LogP contribution in [0.4, 0.5) is 5.69 Å². The van der Waals surface area contributed by atoms with Crippen molar-refractivity contribution in [1.82, 2.24) is 10.2 Å². The number of benzene rings is 1. The number of carbonyl (C=O) groups excluding carboxylic acids is 1. The molecular formula is C24H41N3O2Si. The van der Waals surface area contributed by atoms with Crippen LogP contribution in [0.1, 0.15) is 70.8 Å². The maximum absolute atomic E-state index is 12.9. The summed E-state index contributed by atoms with van der Waals surface area (Å²) in [5, 5.41) is 2.86. The lowest BCUT2D eigenvalue weighted by molar-refractivity contribution is 0.0963. The zero-order valence-corrected chi connectivity index (χ0v) is 21.6. The van der Waals surface area contributed by atoms with Crippen LogP contribution >= 0.6 is 0 Å². The second-order valence-electron chi connectivity index (χ2n) is 10.5. The summed E-state index contributed by atoms with van der Waals surface area (Å²) >= 11 is 0. The minimum Gasteiger partial charge on any atom is -0.543 e. The summed E-state index contributed by atoms with van der Waals surface area (Å²) in [6.07, 6.45) is 1.36. The zero-order chi connectivity index (χ0) is 22.6. The van der Waals surface area contributed by atoms with Gasteiger partial charge in [0.15, 0.2) is 0 Å². The third kappa shape index (κ3) is 3.18. The lowest BCUT2D eigenvalue weighted by atomic mass is 9.81. The Labute approximate surface area is 184 Å². The van der Waals surface area contributed by atoms with E-state index in [0.29, 0.717) is 16.6 Å². The van der Waals surface area contributed by atoms with Crippen molar-refractivity contribution in [2.24, 2.45) is 0 Å². The van der Waals surface area contributed by atoms with Crippen LogP contribution in [0.3, 0.4) is 0 Å². The second kappa shape index (κ2) is 7.86. The van der Waals surface area contributed by atoms with Crippen molar-refractivity contribution in [3.8, 4) is 5.75 Å². The molecule has 1 saturated heterocycles. The molecule has 0 saturated carbocycles. The quantitative estimate of drug-likeness (QED) is 0.646. The highest BCUT2D eigenvalue weighted by Gasteiger charge is 2.54. The number of hydrogen-bond acceptors (Lipinski definition) is 4. The fourth-order valence-electron chi connectivity index (χ4n) is 6.61. The molecule has 1 fully saturated rings. The van der Waals surface area contributed by atoms with E-state index in [4.69, 9.17) is 4.43 Å². The van der Waals surface area contributed by atoms with Crippen LogP contribution < -0.4 is 14.6 Å². The predicted octanol–water partition coefficient (Wildman–Crippen LogP) is 4.97. The van der Waals surface area contributed by atoms with Gasteiger partial charge in [0.25, 0.3) is 14.2 Å². The first-order chi connectivity index (χ1) is 13.9. The minimum atomic E-state index is -2.11. The number of amides is 1. The molecule has 0 spiro atoms. The van der Waals surface area contributed by atoms with Gasteiger partial charge in [-0.3, -0.25) is 9.69 Å². The molecule has 2 aliphatic heterocycles. The van der Waals surface area contributed by atoms with Crippen molar-refractivity contribution < 1.29 is 9.22 Å². The van der Waals surface area contributed by atoms with Crippen LogP contribution in [0.25, 0.3) is 0 Å². The fourth-order valence-corrected chi connectivity index (χ4v) is 11.8. The first kappa shape index (κ1) is 23.1. The Kier molecular flexibility index (Phi) is 6.06.